The van der Waals surface area contributed by atoms with Gasteiger partial charge in [0.05, 0.1) is 18.7 Å². The molecule has 6 nitrogen and oxygen atoms in total. The van der Waals surface area contributed by atoms with Gasteiger partial charge in [-0.25, -0.2) is 0 Å². The smallest absolute Gasteiger partial charge is 0.257 e. The molecule has 0 saturated heterocycles. The summed E-state index contributed by atoms with van der Waals surface area (Å²) >= 11 is 0. The first-order chi connectivity index (χ1) is 15.6. The fourth-order valence-electron chi connectivity index (χ4n) is 3.39. The first-order valence-corrected chi connectivity index (χ1v) is 10.6. The number of likely N-dealkylation sites (N-methyl/N-ethyl adjacent to an activating group) is 1. The molecule has 0 aliphatic carbocycles. The molecule has 0 spiro atoms. The van der Waals surface area contributed by atoms with Crippen molar-refractivity contribution in [3.8, 4) is 17.0 Å². The molecule has 2 aromatic heterocycles. The maximum atomic E-state index is 13.3. The Morgan fingerprint density at radius 3 is 2.53 bits per heavy atom. The molecule has 0 unspecified atom stereocenters. The highest BCUT2D eigenvalue weighted by atomic mass is 16.5. The van der Waals surface area contributed by atoms with Crippen LogP contribution in [0.2, 0.25) is 0 Å². The van der Waals surface area contributed by atoms with Gasteiger partial charge in [0.2, 0.25) is 0 Å². The molecule has 0 aliphatic heterocycles. The molecule has 1 amide bonds. The van der Waals surface area contributed by atoms with Crippen molar-refractivity contribution in [1.82, 2.24) is 19.7 Å². The Balaban J connectivity index is 1.50. The SMILES string of the molecule is Cc1ccc(OCCN(C)C(=O)c2cn(Cc3ccccc3)nc2-c2cccnc2)cc1. The van der Waals surface area contributed by atoms with Crippen LogP contribution in [0.4, 0.5) is 0 Å². The van der Waals surface area contributed by atoms with Crippen molar-refractivity contribution in [2.24, 2.45) is 0 Å². The van der Waals surface area contributed by atoms with Gasteiger partial charge < -0.3 is 9.64 Å². The van der Waals surface area contributed by atoms with Gasteiger partial charge in [0.25, 0.3) is 5.91 Å². The second-order valence-electron chi connectivity index (χ2n) is 7.70. The van der Waals surface area contributed by atoms with Gasteiger partial charge in [-0.3, -0.25) is 14.5 Å². The van der Waals surface area contributed by atoms with Crippen LogP contribution < -0.4 is 4.74 Å². The van der Waals surface area contributed by atoms with Gasteiger partial charge in [0.15, 0.2) is 0 Å². The Hall–Kier alpha value is -3.93. The molecule has 4 rings (SSSR count). The number of hydrogen-bond donors (Lipinski definition) is 0. The fourth-order valence-corrected chi connectivity index (χ4v) is 3.39. The molecule has 4 aromatic rings. The van der Waals surface area contributed by atoms with Gasteiger partial charge in [-0.05, 0) is 36.8 Å². The number of benzene rings is 2. The van der Waals surface area contributed by atoms with Crippen LogP contribution in [-0.2, 0) is 6.54 Å². The molecule has 0 atom stereocenters. The summed E-state index contributed by atoms with van der Waals surface area (Å²) in [6, 6.07) is 21.7. The number of nitrogens with zero attached hydrogens (tertiary/aromatic N) is 4. The number of carbonyl (C=O) groups is 1. The lowest BCUT2D eigenvalue weighted by atomic mass is 10.1. The normalized spacial score (nSPS) is 10.7. The van der Waals surface area contributed by atoms with E-state index in [9.17, 15) is 4.79 Å². The molecule has 0 bridgehead atoms. The summed E-state index contributed by atoms with van der Waals surface area (Å²) in [5.74, 6) is 0.693. The first-order valence-electron chi connectivity index (χ1n) is 10.6. The van der Waals surface area contributed by atoms with E-state index in [1.807, 2.05) is 84.5 Å². The zero-order valence-corrected chi connectivity index (χ0v) is 18.3. The standard InChI is InChI=1S/C26H26N4O2/c1-20-10-12-23(13-11-20)32-16-15-29(2)26(31)24-19-30(18-21-7-4-3-5-8-21)28-25(24)22-9-6-14-27-17-22/h3-14,17,19H,15-16,18H2,1-2H3. The zero-order chi connectivity index (χ0) is 22.3. The van der Waals surface area contributed by atoms with E-state index < -0.39 is 0 Å². The number of aryl methyl sites for hydroxylation is 1. The molecule has 6 heteroatoms. The number of ether oxygens (including phenoxy) is 1. The van der Waals surface area contributed by atoms with Crippen molar-refractivity contribution < 1.29 is 9.53 Å². The zero-order valence-electron chi connectivity index (χ0n) is 18.3. The number of pyridine rings is 1. The summed E-state index contributed by atoms with van der Waals surface area (Å²) in [6.45, 7) is 3.49. The van der Waals surface area contributed by atoms with E-state index >= 15 is 0 Å². The Labute approximate surface area is 188 Å². The summed E-state index contributed by atoms with van der Waals surface area (Å²) in [7, 11) is 1.78. The van der Waals surface area contributed by atoms with Crippen molar-refractivity contribution in [3.63, 3.8) is 0 Å². The van der Waals surface area contributed by atoms with Crippen LogP contribution >= 0.6 is 0 Å². The highest BCUT2D eigenvalue weighted by Gasteiger charge is 2.21. The maximum Gasteiger partial charge on any atom is 0.257 e. The Morgan fingerprint density at radius 1 is 1.03 bits per heavy atom. The van der Waals surface area contributed by atoms with Crippen molar-refractivity contribution in [3.05, 3.63) is 102 Å². The Kier molecular flexibility index (Phi) is 6.60. The average molecular weight is 427 g/mol. The number of rotatable bonds is 8. The van der Waals surface area contributed by atoms with Crippen molar-refractivity contribution in [2.75, 3.05) is 20.2 Å². The average Bonchev–Trinajstić information content (AvgIpc) is 3.24. The van der Waals surface area contributed by atoms with Crippen LogP contribution in [0.15, 0.2) is 85.3 Å². The summed E-state index contributed by atoms with van der Waals surface area (Å²) in [4.78, 5) is 19.1. The van der Waals surface area contributed by atoms with Crippen molar-refractivity contribution in [1.29, 1.82) is 0 Å². The summed E-state index contributed by atoms with van der Waals surface area (Å²) in [6.07, 6.45) is 5.25. The molecule has 162 valence electrons. The van der Waals surface area contributed by atoms with E-state index in [4.69, 9.17) is 9.84 Å². The predicted octanol–water partition coefficient (Wildman–Crippen LogP) is 4.45. The first kappa shape index (κ1) is 21.3. The maximum absolute atomic E-state index is 13.3. The van der Waals surface area contributed by atoms with E-state index in [1.165, 1.54) is 5.56 Å². The molecule has 2 heterocycles. The van der Waals surface area contributed by atoms with Crippen LogP contribution in [0.5, 0.6) is 5.75 Å². The summed E-state index contributed by atoms with van der Waals surface area (Å²) in [5.41, 5.74) is 4.29. The van der Waals surface area contributed by atoms with E-state index in [-0.39, 0.29) is 5.91 Å². The third kappa shape index (κ3) is 5.21. The second-order valence-corrected chi connectivity index (χ2v) is 7.70. The molecular weight excluding hydrogens is 400 g/mol. The third-order valence-electron chi connectivity index (χ3n) is 5.18. The Morgan fingerprint density at radius 2 is 1.81 bits per heavy atom. The number of carbonyl (C=O) groups excluding carboxylic acids is 1. The van der Waals surface area contributed by atoms with Gasteiger partial charge in [0, 0.05) is 31.2 Å². The van der Waals surface area contributed by atoms with Crippen LogP contribution in [0.25, 0.3) is 11.3 Å². The number of hydrogen-bond acceptors (Lipinski definition) is 4. The lowest BCUT2D eigenvalue weighted by molar-refractivity contribution is 0.0774. The monoisotopic (exact) mass is 426 g/mol. The van der Waals surface area contributed by atoms with Crippen LogP contribution in [0.1, 0.15) is 21.5 Å². The van der Waals surface area contributed by atoms with E-state index in [0.29, 0.717) is 31.0 Å². The highest BCUT2D eigenvalue weighted by molar-refractivity contribution is 5.99. The van der Waals surface area contributed by atoms with E-state index in [1.54, 1.807) is 24.3 Å². The summed E-state index contributed by atoms with van der Waals surface area (Å²) < 4.78 is 7.60. The minimum atomic E-state index is -0.101. The fraction of sp³-hybridized carbons (Fsp3) is 0.192. The second kappa shape index (κ2) is 9.92. The lowest BCUT2D eigenvalue weighted by Gasteiger charge is -2.17. The molecule has 0 N–H and O–H groups in total. The molecule has 32 heavy (non-hydrogen) atoms. The third-order valence-corrected chi connectivity index (χ3v) is 5.18. The minimum absolute atomic E-state index is 0.101. The molecule has 0 aliphatic rings. The quantitative estimate of drug-likeness (QED) is 0.418. The number of amides is 1. The lowest BCUT2D eigenvalue weighted by Crippen LogP contribution is -2.31. The molecule has 0 radical (unpaired) electrons. The topological polar surface area (TPSA) is 60.2 Å². The highest BCUT2D eigenvalue weighted by Crippen LogP contribution is 2.23. The van der Waals surface area contributed by atoms with Gasteiger partial charge in [-0.2, -0.15) is 5.10 Å². The molecule has 2 aromatic carbocycles. The largest absolute Gasteiger partial charge is 0.492 e. The molecule has 0 fully saturated rings. The minimum Gasteiger partial charge on any atom is -0.492 e. The molecular formula is C26H26N4O2. The van der Waals surface area contributed by atoms with Crippen molar-refractivity contribution in [2.45, 2.75) is 13.5 Å². The Bertz CT molecular complexity index is 1160. The van der Waals surface area contributed by atoms with Crippen LogP contribution in [0, 0.1) is 6.92 Å². The molecule has 0 saturated carbocycles. The van der Waals surface area contributed by atoms with E-state index in [0.717, 1.165) is 16.9 Å². The van der Waals surface area contributed by atoms with Gasteiger partial charge in [0.1, 0.15) is 18.1 Å². The van der Waals surface area contributed by atoms with Gasteiger partial charge in [-0.15, -0.1) is 0 Å². The number of aromatic nitrogens is 3. The van der Waals surface area contributed by atoms with Crippen molar-refractivity contribution >= 4 is 5.91 Å². The van der Waals surface area contributed by atoms with Crippen LogP contribution in [-0.4, -0.2) is 45.8 Å². The predicted molar refractivity (Wildman–Crippen MR) is 125 cm³/mol. The van der Waals surface area contributed by atoms with Gasteiger partial charge >= 0.3 is 0 Å². The van der Waals surface area contributed by atoms with Gasteiger partial charge in [-0.1, -0.05) is 48.0 Å². The van der Waals surface area contributed by atoms with Crippen LogP contribution in [0.3, 0.4) is 0 Å². The van der Waals surface area contributed by atoms with E-state index in [2.05, 4.69) is 4.98 Å². The summed E-state index contributed by atoms with van der Waals surface area (Å²) in [5, 5.41) is 4.71.